The largest absolute Gasteiger partial charge is 0.484 e. The summed E-state index contributed by atoms with van der Waals surface area (Å²) < 4.78 is 41.5. The smallest absolute Gasteiger partial charge is 0.422 e. The molecule has 0 spiro atoms. The number of hydrogen-bond donors (Lipinski definition) is 2. The topological polar surface area (TPSA) is 45.7 Å². The van der Waals surface area contributed by atoms with E-state index in [9.17, 15) is 13.2 Å². The van der Waals surface area contributed by atoms with Crippen molar-refractivity contribution in [1.82, 2.24) is 10.6 Å². The second-order valence-electron chi connectivity index (χ2n) is 5.99. The standard InChI is InChI=1S/C17H24F3N3OS.HI/c1-21-16(23-13-6-7-15(9-13)25-2)22-10-12-4-3-5-14(8-12)24-11-17(18,19)20;/h3-5,8,13,15H,6-7,9-11H2,1-2H3,(H2,21,22,23);1H. The number of ether oxygens (including phenoxy) is 1. The Kier molecular flexibility index (Phi) is 9.91. The van der Waals surface area contributed by atoms with Gasteiger partial charge in [-0.15, -0.1) is 24.0 Å². The van der Waals surface area contributed by atoms with Crippen molar-refractivity contribution >= 4 is 41.7 Å². The molecule has 0 aliphatic heterocycles. The summed E-state index contributed by atoms with van der Waals surface area (Å²) in [6, 6.07) is 7.04. The quantitative estimate of drug-likeness (QED) is 0.347. The Morgan fingerprint density at radius 2 is 2.12 bits per heavy atom. The molecule has 1 fully saturated rings. The van der Waals surface area contributed by atoms with Gasteiger partial charge in [0.1, 0.15) is 5.75 Å². The zero-order valence-corrected chi connectivity index (χ0v) is 18.0. The highest BCUT2D eigenvalue weighted by molar-refractivity contribution is 14.0. The summed E-state index contributed by atoms with van der Waals surface area (Å²) in [5, 5.41) is 7.30. The van der Waals surface area contributed by atoms with Crippen molar-refractivity contribution in [3.63, 3.8) is 0 Å². The molecular weight excluding hydrogens is 478 g/mol. The summed E-state index contributed by atoms with van der Waals surface area (Å²) in [6.07, 6.45) is 1.23. The first-order valence-corrected chi connectivity index (χ1v) is 9.47. The second kappa shape index (κ2) is 11.1. The van der Waals surface area contributed by atoms with E-state index in [-0.39, 0.29) is 29.7 Å². The van der Waals surface area contributed by atoms with Crippen molar-refractivity contribution in [3.05, 3.63) is 29.8 Å². The lowest BCUT2D eigenvalue weighted by atomic mass is 10.2. The van der Waals surface area contributed by atoms with Gasteiger partial charge in [0.2, 0.25) is 0 Å². The fourth-order valence-electron chi connectivity index (χ4n) is 2.77. The van der Waals surface area contributed by atoms with Gasteiger partial charge in [-0.1, -0.05) is 12.1 Å². The minimum absolute atomic E-state index is 0. The van der Waals surface area contributed by atoms with Gasteiger partial charge in [0.25, 0.3) is 0 Å². The lowest BCUT2D eigenvalue weighted by Crippen LogP contribution is -2.42. The van der Waals surface area contributed by atoms with Gasteiger partial charge in [-0.3, -0.25) is 4.99 Å². The van der Waals surface area contributed by atoms with Gasteiger partial charge in [-0.2, -0.15) is 24.9 Å². The summed E-state index contributed by atoms with van der Waals surface area (Å²) in [5.41, 5.74) is 0.830. The highest BCUT2D eigenvalue weighted by Crippen LogP contribution is 2.28. The summed E-state index contributed by atoms with van der Waals surface area (Å²) >= 11 is 1.89. The lowest BCUT2D eigenvalue weighted by molar-refractivity contribution is -0.153. The Balaban J connectivity index is 0.00000338. The van der Waals surface area contributed by atoms with E-state index in [1.54, 1.807) is 19.2 Å². The number of halogens is 4. The molecule has 0 amide bonds. The number of nitrogens with one attached hydrogen (secondary N) is 2. The van der Waals surface area contributed by atoms with Crippen LogP contribution in [-0.4, -0.2) is 43.3 Å². The lowest BCUT2D eigenvalue weighted by Gasteiger charge is -2.17. The molecule has 0 bridgehead atoms. The van der Waals surface area contributed by atoms with Crippen molar-refractivity contribution in [3.8, 4) is 5.75 Å². The molecule has 1 aliphatic carbocycles. The van der Waals surface area contributed by atoms with Gasteiger partial charge >= 0.3 is 6.18 Å². The van der Waals surface area contributed by atoms with E-state index in [4.69, 9.17) is 4.74 Å². The molecular formula is C17H25F3IN3OS. The van der Waals surface area contributed by atoms with E-state index >= 15 is 0 Å². The van der Waals surface area contributed by atoms with Crippen LogP contribution in [-0.2, 0) is 6.54 Å². The maximum Gasteiger partial charge on any atom is 0.422 e. The van der Waals surface area contributed by atoms with Gasteiger partial charge in [0, 0.05) is 24.9 Å². The van der Waals surface area contributed by atoms with Crippen LogP contribution in [0.1, 0.15) is 24.8 Å². The highest BCUT2D eigenvalue weighted by Gasteiger charge is 2.28. The van der Waals surface area contributed by atoms with E-state index in [0.29, 0.717) is 23.8 Å². The van der Waals surface area contributed by atoms with Gasteiger partial charge in [0.15, 0.2) is 12.6 Å². The molecule has 2 N–H and O–H groups in total. The molecule has 2 rings (SSSR count). The number of aliphatic imine (C=N–C) groups is 1. The Labute approximate surface area is 173 Å². The van der Waals surface area contributed by atoms with Gasteiger partial charge in [0.05, 0.1) is 0 Å². The third kappa shape index (κ3) is 8.24. The average Bonchev–Trinajstić information content (AvgIpc) is 3.04. The van der Waals surface area contributed by atoms with Crippen molar-refractivity contribution < 1.29 is 17.9 Å². The molecule has 2 unspecified atom stereocenters. The number of guanidine groups is 1. The van der Waals surface area contributed by atoms with Crippen molar-refractivity contribution in [1.29, 1.82) is 0 Å². The van der Waals surface area contributed by atoms with Gasteiger partial charge < -0.3 is 15.4 Å². The highest BCUT2D eigenvalue weighted by atomic mass is 127. The van der Waals surface area contributed by atoms with Crippen molar-refractivity contribution in [2.24, 2.45) is 4.99 Å². The molecule has 1 aliphatic rings. The SMILES string of the molecule is CN=C(NCc1cccc(OCC(F)(F)F)c1)NC1CCC(SC)C1.I. The first-order valence-electron chi connectivity index (χ1n) is 8.18. The normalized spacial score (nSPS) is 20.4. The fourth-order valence-corrected chi connectivity index (χ4v) is 3.57. The van der Waals surface area contributed by atoms with Gasteiger partial charge in [-0.05, 0) is 43.2 Å². The van der Waals surface area contributed by atoms with E-state index < -0.39 is 12.8 Å². The molecule has 0 saturated heterocycles. The number of thioether (sulfide) groups is 1. The van der Waals surface area contributed by atoms with Crippen LogP contribution < -0.4 is 15.4 Å². The van der Waals surface area contributed by atoms with Crippen LogP contribution in [0.5, 0.6) is 5.75 Å². The first kappa shape index (κ1) is 23.2. The van der Waals surface area contributed by atoms with Crippen LogP contribution in [0.15, 0.2) is 29.3 Å². The van der Waals surface area contributed by atoms with Gasteiger partial charge in [-0.25, -0.2) is 0 Å². The maximum absolute atomic E-state index is 12.2. The average molecular weight is 503 g/mol. The van der Waals surface area contributed by atoms with E-state index in [0.717, 1.165) is 18.4 Å². The minimum atomic E-state index is -4.34. The van der Waals surface area contributed by atoms with Crippen LogP contribution in [0.25, 0.3) is 0 Å². The number of benzene rings is 1. The summed E-state index contributed by atoms with van der Waals surface area (Å²) in [6.45, 7) is -0.826. The molecule has 1 aromatic rings. The molecule has 26 heavy (non-hydrogen) atoms. The molecule has 1 saturated carbocycles. The Hall–Kier alpha value is -0.840. The van der Waals surface area contributed by atoms with E-state index in [2.05, 4.69) is 21.9 Å². The molecule has 148 valence electrons. The molecule has 2 atom stereocenters. The number of hydrogen-bond acceptors (Lipinski definition) is 3. The first-order chi connectivity index (χ1) is 11.9. The predicted molar refractivity (Wildman–Crippen MR) is 112 cm³/mol. The maximum atomic E-state index is 12.2. The van der Waals surface area contributed by atoms with Crippen LogP contribution >= 0.6 is 35.7 Å². The van der Waals surface area contributed by atoms with Crippen LogP contribution in [0.2, 0.25) is 0 Å². The molecule has 9 heteroatoms. The summed E-state index contributed by atoms with van der Waals surface area (Å²) in [4.78, 5) is 4.22. The van der Waals surface area contributed by atoms with Crippen LogP contribution in [0, 0.1) is 0 Å². The Morgan fingerprint density at radius 3 is 2.73 bits per heavy atom. The monoisotopic (exact) mass is 503 g/mol. The summed E-state index contributed by atoms with van der Waals surface area (Å²) in [5.74, 6) is 0.909. The molecule has 1 aromatic carbocycles. The zero-order chi connectivity index (χ0) is 18.3. The van der Waals surface area contributed by atoms with Crippen molar-refractivity contribution in [2.75, 3.05) is 19.9 Å². The zero-order valence-electron chi connectivity index (χ0n) is 14.8. The minimum Gasteiger partial charge on any atom is -0.484 e. The molecule has 0 radical (unpaired) electrons. The van der Waals surface area contributed by atoms with Crippen LogP contribution in [0.4, 0.5) is 13.2 Å². The third-order valence-corrected chi connectivity index (χ3v) is 5.14. The van der Waals surface area contributed by atoms with E-state index in [1.807, 2.05) is 17.8 Å². The summed E-state index contributed by atoms with van der Waals surface area (Å²) in [7, 11) is 1.71. The Morgan fingerprint density at radius 1 is 1.35 bits per heavy atom. The predicted octanol–water partition coefficient (Wildman–Crippen LogP) is 4.19. The molecule has 4 nitrogen and oxygen atoms in total. The fraction of sp³-hybridized carbons (Fsp3) is 0.588. The Bertz CT molecular complexity index is 587. The number of nitrogens with zero attached hydrogens (tertiary/aromatic N) is 1. The van der Waals surface area contributed by atoms with E-state index in [1.165, 1.54) is 12.5 Å². The number of alkyl halides is 3. The van der Waals surface area contributed by atoms with Crippen molar-refractivity contribution in [2.45, 2.75) is 43.3 Å². The third-order valence-electron chi connectivity index (χ3n) is 4.04. The van der Waals surface area contributed by atoms with Crippen LogP contribution in [0.3, 0.4) is 0 Å². The number of rotatable bonds is 6. The molecule has 0 heterocycles. The molecule has 0 aromatic heterocycles. The second-order valence-corrected chi connectivity index (χ2v) is 7.13.